The third kappa shape index (κ3) is 4.57. The molecule has 0 saturated carbocycles. The first kappa shape index (κ1) is 22.5. The Kier molecular flexibility index (Phi) is 6.50. The lowest BCUT2D eigenvalue weighted by Crippen LogP contribution is -2.38. The molecule has 5 rings (SSSR count). The molecule has 2 aromatic rings. The van der Waals surface area contributed by atoms with E-state index in [9.17, 15) is 9.59 Å². The number of allylic oxidation sites excluding steroid dienone is 2. The van der Waals surface area contributed by atoms with Crippen LogP contribution in [-0.2, 0) is 19.1 Å². The average molecular weight is 484 g/mol. The second-order valence-corrected chi connectivity index (χ2v) is 10.3. The summed E-state index contributed by atoms with van der Waals surface area (Å²) in [5, 5.41) is 2.61. The summed E-state index contributed by atoms with van der Waals surface area (Å²) >= 11 is 7.98. The van der Waals surface area contributed by atoms with Crippen molar-refractivity contribution in [3.63, 3.8) is 0 Å². The maximum Gasteiger partial charge on any atom is 0.315 e. The van der Waals surface area contributed by atoms with Crippen LogP contribution < -0.4 is 0 Å². The molecule has 1 fully saturated rings. The molecule has 0 bridgehead atoms. The molecule has 1 aromatic carbocycles. The Balaban J connectivity index is 1.50. The van der Waals surface area contributed by atoms with E-state index < -0.39 is 11.8 Å². The van der Waals surface area contributed by atoms with Crippen molar-refractivity contribution < 1.29 is 19.1 Å². The molecular formula is C26H26ClNO4S. The molecule has 33 heavy (non-hydrogen) atoms. The number of benzene rings is 1. The first-order valence-corrected chi connectivity index (χ1v) is 12.7. The minimum Gasteiger partial charge on any atom is -0.462 e. The molecule has 3 heterocycles. The number of hydrogen-bond donors (Lipinski definition) is 0. The van der Waals surface area contributed by atoms with Crippen molar-refractivity contribution >= 4 is 40.4 Å². The number of Topliss-reactive ketones (excluding diaryl/α,β-unsaturated/α-hetero) is 1. The van der Waals surface area contributed by atoms with E-state index in [1.165, 1.54) is 4.88 Å². The third-order valence-electron chi connectivity index (χ3n) is 6.73. The van der Waals surface area contributed by atoms with Crippen LogP contribution in [0.5, 0.6) is 0 Å². The van der Waals surface area contributed by atoms with Crippen molar-refractivity contribution in [1.29, 1.82) is 0 Å². The van der Waals surface area contributed by atoms with Crippen LogP contribution in [0.2, 0.25) is 5.02 Å². The number of aliphatic imine (C=N–C) groups is 1. The third-order valence-corrected chi connectivity index (χ3v) is 8.00. The fourth-order valence-corrected chi connectivity index (χ4v) is 6.22. The minimum absolute atomic E-state index is 0.0489. The summed E-state index contributed by atoms with van der Waals surface area (Å²) in [7, 11) is 0. The van der Waals surface area contributed by atoms with Crippen LogP contribution >= 0.6 is 22.9 Å². The molecule has 172 valence electrons. The predicted octanol–water partition coefficient (Wildman–Crippen LogP) is 5.70. The smallest absolute Gasteiger partial charge is 0.315 e. The van der Waals surface area contributed by atoms with Gasteiger partial charge in [-0.05, 0) is 55.3 Å². The number of halogens is 1. The number of esters is 1. The van der Waals surface area contributed by atoms with Gasteiger partial charge in [-0.3, -0.25) is 14.6 Å². The van der Waals surface area contributed by atoms with Gasteiger partial charge in [0.2, 0.25) is 0 Å². The van der Waals surface area contributed by atoms with E-state index >= 15 is 0 Å². The fraction of sp³-hybridized carbons (Fsp3) is 0.423. The Hall–Kier alpha value is -2.28. The van der Waals surface area contributed by atoms with E-state index in [0.29, 0.717) is 35.8 Å². The molecule has 5 nitrogen and oxygen atoms in total. The topological polar surface area (TPSA) is 65.0 Å². The zero-order chi connectivity index (χ0) is 22.9. The number of thiophene rings is 1. The quantitative estimate of drug-likeness (QED) is 0.512. The van der Waals surface area contributed by atoms with Crippen LogP contribution in [0.3, 0.4) is 0 Å². The molecule has 0 radical (unpaired) electrons. The molecule has 7 heteroatoms. The van der Waals surface area contributed by atoms with Crippen LogP contribution in [0, 0.1) is 5.92 Å². The number of ketones is 1. The Morgan fingerprint density at radius 3 is 2.88 bits per heavy atom. The van der Waals surface area contributed by atoms with Crippen LogP contribution in [-0.4, -0.2) is 36.8 Å². The van der Waals surface area contributed by atoms with E-state index in [0.717, 1.165) is 24.1 Å². The fourth-order valence-electron chi connectivity index (χ4n) is 5.19. The minimum atomic E-state index is -0.661. The summed E-state index contributed by atoms with van der Waals surface area (Å²) in [6.07, 6.45) is 2.92. The Bertz CT molecular complexity index is 1120. The molecular weight excluding hydrogens is 458 g/mol. The molecule has 0 spiro atoms. The molecule has 1 aromatic heterocycles. The van der Waals surface area contributed by atoms with Gasteiger partial charge in [-0.1, -0.05) is 29.8 Å². The number of nitrogens with zero attached hydrogens (tertiary/aromatic N) is 1. The summed E-state index contributed by atoms with van der Waals surface area (Å²) in [5.41, 5.74) is 2.94. The Labute approximate surface area is 202 Å². The van der Waals surface area contributed by atoms with Gasteiger partial charge in [0.15, 0.2) is 5.78 Å². The first-order chi connectivity index (χ1) is 16.0. The van der Waals surface area contributed by atoms with Crippen molar-refractivity contribution in [2.75, 3.05) is 13.2 Å². The summed E-state index contributed by atoms with van der Waals surface area (Å²) < 4.78 is 11.3. The van der Waals surface area contributed by atoms with E-state index in [-0.39, 0.29) is 30.4 Å². The highest BCUT2D eigenvalue weighted by Crippen LogP contribution is 2.47. The van der Waals surface area contributed by atoms with E-state index in [2.05, 4.69) is 6.07 Å². The molecule has 2 aliphatic heterocycles. The summed E-state index contributed by atoms with van der Waals surface area (Å²) in [6.45, 7) is 2.79. The van der Waals surface area contributed by atoms with Gasteiger partial charge < -0.3 is 9.47 Å². The summed E-state index contributed by atoms with van der Waals surface area (Å²) in [5.74, 6) is -1.31. The molecule has 0 N–H and O–H groups in total. The first-order valence-electron chi connectivity index (χ1n) is 11.4. The van der Waals surface area contributed by atoms with Gasteiger partial charge in [-0.25, -0.2) is 0 Å². The highest BCUT2D eigenvalue weighted by molar-refractivity contribution is 7.10. The zero-order valence-electron chi connectivity index (χ0n) is 18.5. The number of carbonyl (C=O) groups is 2. The average Bonchev–Trinajstić information content (AvgIpc) is 3.50. The van der Waals surface area contributed by atoms with E-state index in [4.69, 9.17) is 26.1 Å². The summed E-state index contributed by atoms with van der Waals surface area (Å²) in [6, 6.07) is 11.5. The van der Waals surface area contributed by atoms with Gasteiger partial charge in [0.1, 0.15) is 12.5 Å². The maximum absolute atomic E-state index is 13.5. The van der Waals surface area contributed by atoms with Gasteiger partial charge in [0, 0.05) is 51.7 Å². The lowest BCUT2D eigenvalue weighted by molar-refractivity contribution is -0.149. The number of rotatable bonds is 5. The van der Waals surface area contributed by atoms with E-state index in [1.807, 2.05) is 36.6 Å². The van der Waals surface area contributed by atoms with Crippen LogP contribution in [0.4, 0.5) is 0 Å². The maximum atomic E-state index is 13.5. The van der Waals surface area contributed by atoms with Gasteiger partial charge in [0.25, 0.3) is 0 Å². The van der Waals surface area contributed by atoms with Crippen LogP contribution in [0.1, 0.15) is 54.9 Å². The van der Waals surface area contributed by atoms with Gasteiger partial charge in [-0.2, -0.15) is 0 Å². The molecule has 1 saturated heterocycles. The molecule has 4 unspecified atom stereocenters. The molecule has 1 aliphatic carbocycles. The number of ether oxygens (including phenoxy) is 2. The van der Waals surface area contributed by atoms with Crippen molar-refractivity contribution in [3.8, 4) is 0 Å². The van der Waals surface area contributed by atoms with Gasteiger partial charge >= 0.3 is 5.97 Å². The van der Waals surface area contributed by atoms with E-state index in [1.54, 1.807) is 17.4 Å². The normalized spacial score (nSPS) is 27.3. The van der Waals surface area contributed by atoms with Gasteiger partial charge in [-0.15, -0.1) is 11.3 Å². The lowest BCUT2D eigenvalue weighted by atomic mass is 9.70. The van der Waals surface area contributed by atoms with Crippen molar-refractivity contribution in [1.82, 2.24) is 0 Å². The number of hydrogen-bond acceptors (Lipinski definition) is 6. The second kappa shape index (κ2) is 9.53. The highest BCUT2D eigenvalue weighted by Gasteiger charge is 2.45. The highest BCUT2D eigenvalue weighted by atomic mass is 35.5. The second-order valence-electron chi connectivity index (χ2n) is 8.93. The number of carbonyl (C=O) groups excluding carboxylic acids is 2. The Morgan fingerprint density at radius 2 is 2.15 bits per heavy atom. The monoisotopic (exact) mass is 483 g/mol. The molecule has 0 amide bonds. The SMILES string of the molecule is CC1=NC2=C(C(=O)CC(c3cccs3)C2)C(c2cccc(Cl)c2)C1C(=O)OCC1CCCO1. The summed E-state index contributed by atoms with van der Waals surface area (Å²) in [4.78, 5) is 32.9. The largest absolute Gasteiger partial charge is 0.462 e. The standard InChI is InChI=1S/C26H26ClNO4S/c1-15-23(26(30)32-14-19-7-3-9-31-19)24(16-5-2-6-18(27)11-16)25-20(28-15)12-17(13-21(25)29)22-8-4-10-33-22/h2,4-6,8,10-11,17,19,23-24H,3,7,9,12-14H2,1H3. The molecule has 3 aliphatic rings. The van der Waals surface area contributed by atoms with Crippen molar-refractivity contribution in [2.24, 2.45) is 10.9 Å². The Morgan fingerprint density at radius 1 is 1.27 bits per heavy atom. The van der Waals surface area contributed by atoms with Crippen molar-refractivity contribution in [2.45, 2.75) is 50.5 Å². The zero-order valence-corrected chi connectivity index (χ0v) is 20.0. The predicted molar refractivity (Wildman–Crippen MR) is 129 cm³/mol. The van der Waals surface area contributed by atoms with Crippen LogP contribution in [0.15, 0.2) is 58.0 Å². The van der Waals surface area contributed by atoms with Crippen molar-refractivity contribution in [3.05, 3.63) is 68.5 Å². The van der Waals surface area contributed by atoms with Crippen LogP contribution in [0.25, 0.3) is 0 Å². The van der Waals surface area contributed by atoms with Gasteiger partial charge in [0.05, 0.1) is 6.10 Å². The lowest BCUT2D eigenvalue weighted by Gasteiger charge is -2.36. The molecule has 4 atom stereocenters.